The number of rotatable bonds is 4. The topological polar surface area (TPSA) is 18.5 Å². The fourth-order valence-electron chi connectivity index (χ4n) is 1.74. The summed E-state index contributed by atoms with van der Waals surface area (Å²) >= 11 is 0. The van der Waals surface area contributed by atoms with Crippen LogP contribution in [-0.2, 0) is 0 Å². The third kappa shape index (κ3) is 3.38. The average molecular weight is 230 g/mol. The van der Waals surface area contributed by atoms with Crippen molar-refractivity contribution < 1.29 is 9.47 Å². The summed E-state index contributed by atoms with van der Waals surface area (Å²) in [5.74, 6) is 2.32. The summed E-state index contributed by atoms with van der Waals surface area (Å²) in [6.07, 6.45) is 7.72. The van der Waals surface area contributed by atoms with E-state index in [-0.39, 0.29) is 0 Å². The Labute approximate surface area is 103 Å². The van der Waals surface area contributed by atoms with Crippen LogP contribution in [-0.4, -0.2) is 13.7 Å². The smallest absolute Gasteiger partial charge is 0.123 e. The Morgan fingerprint density at radius 1 is 1.29 bits per heavy atom. The molecule has 0 aliphatic heterocycles. The van der Waals surface area contributed by atoms with Crippen LogP contribution in [0, 0.1) is 5.92 Å². The Balaban J connectivity index is 1.91. The molecule has 1 unspecified atom stereocenters. The standard InChI is InChI=1S/C15H18O2/c1-12-6-8-13(9-7-12)11-17-15-5-3-4-14(10-15)16-2/h3-6,8-10,12H,7,11H2,1-2H3. The Morgan fingerprint density at radius 2 is 2.12 bits per heavy atom. The minimum atomic E-state index is 0.621. The van der Waals surface area contributed by atoms with Crippen molar-refractivity contribution in [3.63, 3.8) is 0 Å². The molecule has 1 aromatic rings. The molecular formula is C15H18O2. The quantitative estimate of drug-likeness (QED) is 0.787. The van der Waals surface area contributed by atoms with Crippen molar-refractivity contribution in [1.29, 1.82) is 0 Å². The zero-order valence-electron chi connectivity index (χ0n) is 10.3. The third-order valence-corrected chi connectivity index (χ3v) is 2.84. The summed E-state index contributed by atoms with van der Waals surface area (Å²) in [6, 6.07) is 7.68. The van der Waals surface area contributed by atoms with E-state index in [9.17, 15) is 0 Å². The van der Waals surface area contributed by atoms with Crippen LogP contribution in [0.1, 0.15) is 13.3 Å². The molecule has 0 saturated heterocycles. The van der Waals surface area contributed by atoms with E-state index in [1.807, 2.05) is 24.3 Å². The van der Waals surface area contributed by atoms with Crippen molar-refractivity contribution in [1.82, 2.24) is 0 Å². The molecule has 0 spiro atoms. The van der Waals surface area contributed by atoms with Gasteiger partial charge in [0.1, 0.15) is 18.1 Å². The van der Waals surface area contributed by atoms with Gasteiger partial charge in [-0.1, -0.05) is 31.2 Å². The number of hydrogen-bond acceptors (Lipinski definition) is 2. The molecule has 17 heavy (non-hydrogen) atoms. The van der Waals surface area contributed by atoms with Gasteiger partial charge in [0, 0.05) is 6.07 Å². The van der Waals surface area contributed by atoms with Crippen LogP contribution >= 0.6 is 0 Å². The third-order valence-electron chi connectivity index (χ3n) is 2.84. The van der Waals surface area contributed by atoms with Crippen LogP contribution in [0.4, 0.5) is 0 Å². The van der Waals surface area contributed by atoms with Gasteiger partial charge in [0.05, 0.1) is 7.11 Å². The van der Waals surface area contributed by atoms with Crippen molar-refractivity contribution in [2.45, 2.75) is 13.3 Å². The van der Waals surface area contributed by atoms with E-state index < -0.39 is 0 Å². The highest BCUT2D eigenvalue weighted by Gasteiger charge is 2.04. The van der Waals surface area contributed by atoms with Crippen molar-refractivity contribution >= 4 is 0 Å². The summed E-state index contributed by atoms with van der Waals surface area (Å²) in [5, 5.41) is 0. The Bertz CT molecular complexity index is 432. The first-order valence-electron chi connectivity index (χ1n) is 5.92. The van der Waals surface area contributed by atoms with Gasteiger partial charge in [0.15, 0.2) is 0 Å². The first-order valence-corrected chi connectivity index (χ1v) is 5.92. The highest BCUT2D eigenvalue weighted by Crippen LogP contribution is 2.21. The van der Waals surface area contributed by atoms with Crippen molar-refractivity contribution in [2.75, 3.05) is 13.7 Å². The largest absolute Gasteiger partial charge is 0.497 e. The van der Waals surface area contributed by atoms with Gasteiger partial charge in [0.25, 0.3) is 0 Å². The van der Waals surface area contributed by atoms with E-state index >= 15 is 0 Å². The van der Waals surface area contributed by atoms with Gasteiger partial charge >= 0.3 is 0 Å². The molecule has 0 N–H and O–H groups in total. The van der Waals surface area contributed by atoms with Crippen LogP contribution < -0.4 is 9.47 Å². The van der Waals surface area contributed by atoms with Gasteiger partial charge in [-0.3, -0.25) is 0 Å². The molecule has 0 heterocycles. The molecule has 2 heteroatoms. The Morgan fingerprint density at radius 3 is 2.82 bits per heavy atom. The van der Waals surface area contributed by atoms with Crippen molar-refractivity contribution in [3.8, 4) is 11.5 Å². The molecule has 0 saturated carbocycles. The van der Waals surface area contributed by atoms with Gasteiger partial charge in [-0.05, 0) is 30.0 Å². The fraction of sp³-hybridized carbons (Fsp3) is 0.333. The van der Waals surface area contributed by atoms with Crippen LogP contribution in [0.5, 0.6) is 11.5 Å². The first kappa shape index (κ1) is 11.8. The summed E-state index contributed by atoms with van der Waals surface area (Å²) in [7, 11) is 1.66. The normalized spacial score (nSPS) is 18.7. The summed E-state index contributed by atoms with van der Waals surface area (Å²) < 4.78 is 10.9. The van der Waals surface area contributed by atoms with E-state index in [0.717, 1.165) is 17.9 Å². The number of hydrogen-bond donors (Lipinski definition) is 0. The van der Waals surface area contributed by atoms with Crippen LogP contribution in [0.25, 0.3) is 0 Å². The van der Waals surface area contributed by atoms with E-state index in [1.165, 1.54) is 5.57 Å². The molecule has 0 radical (unpaired) electrons. The van der Waals surface area contributed by atoms with Crippen molar-refractivity contribution in [3.05, 3.63) is 48.1 Å². The van der Waals surface area contributed by atoms with Crippen LogP contribution in [0.2, 0.25) is 0 Å². The van der Waals surface area contributed by atoms with E-state index in [0.29, 0.717) is 12.5 Å². The zero-order valence-corrected chi connectivity index (χ0v) is 10.3. The molecule has 0 amide bonds. The molecule has 0 bridgehead atoms. The first-order chi connectivity index (χ1) is 8.28. The molecule has 0 fully saturated rings. The number of methoxy groups -OCH3 is 1. The lowest BCUT2D eigenvalue weighted by Gasteiger charge is -2.13. The maximum absolute atomic E-state index is 5.72. The average Bonchev–Trinajstić information content (AvgIpc) is 2.38. The van der Waals surface area contributed by atoms with Gasteiger partial charge < -0.3 is 9.47 Å². The fourth-order valence-corrected chi connectivity index (χ4v) is 1.74. The summed E-state index contributed by atoms with van der Waals surface area (Å²) in [4.78, 5) is 0. The monoisotopic (exact) mass is 230 g/mol. The van der Waals surface area contributed by atoms with E-state index in [4.69, 9.17) is 9.47 Å². The predicted molar refractivity (Wildman–Crippen MR) is 69.5 cm³/mol. The lowest BCUT2D eigenvalue weighted by Crippen LogP contribution is -2.03. The van der Waals surface area contributed by atoms with E-state index in [2.05, 4.69) is 25.2 Å². The molecular weight excluding hydrogens is 212 g/mol. The van der Waals surface area contributed by atoms with Gasteiger partial charge in [0.2, 0.25) is 0 Å². The van der Waals surface area contributed by atoms with Gasteiger partial charge in [-0.15, -0.1) is 0 Å². The van der Waals surface area contributed by atoms with E-state index in [1.54, 1.807) is 7.11 Å². The second-order valence-corrected chi connectivity index (χ2v) is 4.32. The molecule has 90 valence electrons. The molecule has 2 rings (SSSR count). The molecule has 1 atom stereocenters. The lowest BCUT2D eigenvalue weighted by atomic mass is 9.99. The second-order valence-electron chi connectivity index (χ2n) is 4.32. The highest BCUT2D eigenvalue weighted by molar-refractivity contribution is 5.33. The maximum Gasteiger partial charge on any atom is 0.123 e. The molecule has 1 aliphatic rings. The number of ether oxygens (including phenoxy) is 2. The Hall–Kier alpha value is -1.70. The zero-order chi connectivity index (χ0) is 12.1. The highest BCUT2D eigenvalue weighted by atomic mass is 16.5. The molecule has 2 nitrogen and oxygen atoms in total. The predicted octanol–water partition coefficient (Wildman–Crippen LogP) is 3.60. The summed E-state index contributed by atoms with van der Waals surface area (Å²) in [6.45, 7) is 2.84. The van der Waals surface area contributed by atoms with Crippen LogP contribution in [0.15, 0.2) is 48.1 Å². The molecule has 1 aliphatic carbocycles. The summed E-state index contributed by atoms with van der Waals surface area (Å²) in [5.41, 5.74) is 1.24. The van der Waals surface area contributed by atoms with Crippen molar-refractivity contribution in [2.24, 2.45) is 5.92 Å². The number of allylic oxidation sites excluding steroid dienone is 2. The van der Waals surface area contributed by atoms with Crippen LogP contribution in [0.3, 0.4) is 0 Å². The molecule has 1 aromatic carbocycles. The minimum absolute atomic E-state index is 0.621. The maximum atomic E-state index is 5.72. The van der Waals surface area contributed by atoms with Gasteiger partial charge in [-0.2, -0.15) is 0 Å². The Kier molecular flexibility index (Phi) is 3.86. The van der Waals surface area contributed by atoms with Gasteiger partial charge in [-0.25, -0.2) is 0 Å². The minimum Gasteiger partial charge on any atom is -0.497 e. The SMILES string of the molecule is COc1cccc(OCC2=CCC(C)C=C2)c1. The number of benzene rings is 1. The lowest BCUT2D eigenvalue weighted by molar-refractivity contribution is 0.349. The molecule has 0 aromatic heterocycles. The second kappa shape index (κ2) is 5.58.